The first-order valence-electron chi connectivity index (χ1n) is 11.4. The summed E-state index contributed by atoms with van der Waals surface area (Å²) in [5.41, 5.74) is 7.55. The summed E-state index contributed by atoms with van der Waals surface area (Å²) in [5, 5.41) is 6.92. The highest BCUT2D eigenvalue weighted by molar-refractivity contribution is 7.18. The summed E-state index contributed by atoms with van der Waals surface area (Å²) in [7, 11) is 0. The molecule has 0 bridgehead atoms. The molecule has 0 atom stereocenters. The van der Waals surface area contributed by atoms with Crippen LogP contribution < -0.4 is 16.4 Å². The van der Waals surface area contributed by atoms with Crippen LogP contribution in [-0.2, 0) is 6.18 Å². The van der Waals surface area contributed by atoms with Gasteiger partial charge in [-0.05, 0) is 49.7 Å². The normalized spacial score (nSPS) is 11.5. The highest BCUT2D eigenvalue weighted by Crippen LogP contribution is 2.33. The number of carbonyl (C=O) groups excluding carboxylic acids is 2. The van der Waals surface area contributed by atoms with Crippen molar-refractivity contribution in [3.63, 3.8) is 0 Å². The first-order valence-corrected chi connectivity index (χ1v) is 12.3. The van der Waals surface area contributed by atoms with Gasteiger partial charge in [0.05, 0.1) is 33.4 Å². The van der Waals surface area contributed by atoms with Crippen LogP contribution in [0.4, 0.5) is 30.4 Å². The number of fused-ring (bicyclic) bond motifs is 1. The molecule has 3 heterocycles. The van der Waals surface area contributed by atoms with Crippen LogP contribution >= 0.6 is 11.3 Å². The molecule has 3 aromatic heterocycles. The highest BCUT2D eigenvalue weighted by atomic mass is 32.1. The molecule has 5 aromatic rings. The van der Waals surface area contributed by atoms with Crippen molar-refractivity contribution in [1.29, 1.82) is 0 Å². The molecule has 0 aliphatic rings. The number of anilines is 3. The first kappa shape index (κ1) is 25.9. The van der Waals surface area contributed by atoms with E-state index in [1.54, 1.807) is 31.5 Å². The van der Waals surface area contributed by atoms with E-state index in [1.165, 1.54) is 46.8 Å². The van der Waals surface area contributed by atoms with Gasteiger partial charge in [-0.25, -0.2) is 15.0 Å². The van der Waals surface area contributed by atoms with Crippen molar-refractivity contribution in [2.24, 2.45) is 0 Å². The number of hydrogen-bond acceptors (Lipinski definition) is 7. The Morgan fingerprint density at radius 1 is 1.00 bits per heavy atom. The number of rotatable bonds is 5. The topological polar surface area (TPSA) is 128 Å². The number of alkyl halides is 3. The fourth-order valence-electron chi connectivity index (χ4n) is 3.88. The number of aryl methyl sites for hydroxylation is 2. The molecule has 39 heavy (non-hydrogen) atoms. The van der Waals surface area contributed by atoms with Gasteiger partial charge in [0.25, 0.3) is 11.8 Å². The van der Waals surface area contributed by atoms with Crippen LogP contribution in [0.5, 0.6) is 0 Å². The van der Waals surface area contributed by atoms with E-state index in [0.29, 0.717) is 32.7 Å². The zero-order valence-corrected chi connectivity index (χ0v) is 21.3. The summed E-state index contributed by atoms with van der Waals surface area (Å²) in [6.07, 6.45) is -0.395. The third-order valence-electron chi connectivity index (χ3n) is 5.89. The highest BCUT2D eigenvalue weighted by Gasteiger charge is 2.31. The van der Waals surface area contributed by atoms with Gasteiger partial charge < -0.3 is 20.9 Å². The zero-order valence-electron chi connectivity index (χ0n) is 20.5. The number of nitrogens with zero attached hydrogens (tertiary/aromatic N) is 4. The molecule has 0 spiro atoms. The van der Waals surface area contributed by atoms with Crippen molar-refractivity contribution in [2.75, 3.05) is 16.4 Å². The third-order valence-corrected chi connectivity index (χ3v) is 6.88. The number of nitrogens with two attached hydrogens (primary N) is 1. The second kappa shape index (κ2) is 9.83. The molecule has 2 aromatic carbocycles. The molecule has 13 heteroatoms. The predicted octanol–water partition coefficient (Wildman–Crippen LogP) is 5.60. The smallest absolute Gasteiger partial charge is 0.382 e. The number of nitrogens with one attached hydrogen (secondary N) is 2. The van der Waals surface area contributed by atoms with Crippen LogP contribution in [-0.4, -0.2) is 31.3 Å². The van der Waals surface area contributed by atoms with Crippen LogP contribution in [0.3, 0.4) is 0 Å². The van der Waals surface area contributed by atoms with Gasteiger partial charge in [0.1, 0.15) is 12.1 Å². The molecule has 9 nitrogen and oxygen atoms in total. The van der Waals surface area contributed by atoms with Crippen LogP contribution in [0.15, 0.2) is 60.6 Å². The molecule has 198 valence electrons. The molecular weight excluding hydrogens is 531 g/mol. The number of amides is 2. The van der Waals surface area contributed by atoms with Crippen molar-refractivity contribution in [3.05, 3.63) is 88.6 Å². The summed E-state index contributed by atoms with van der Waals surface area (Å²) in [6.45, 7) is 3.46. The number of benzene rings is 2. The Morgan fingerprint density at radius 2 is 1.79 bits per heavy atom. The molecule has 0 unspecified atom stereocenters. The fraction of sp³-hybridized carbons (Fsp3) is 0.115. The number of nitrogen functional groups attached to an aromatic ring is 1. The fourth-order valence-corrected chi connectivity index (χ4v) is 4.78. The summed E-state index contributed by atoms with van der Waals surface area (Å²) in [4.78, 5) is 38.2. The third kappa shape index (κ3) is 5.29. The molecule has 0 radical (unpaired) electrons. The van der Waals surface area contributed by atoms with E-state index in [0.717, 1.165) is 12.1 Å². The van der Waals surface area contributed by atoms with Crippen molar-refractivity contribution in [1.82, 2.24) is 19.5 Å². The summed E-state index contributed by atoms with van der Waals surface area (Å²) in [6, 6.07) is 7.85. The number of thiophene rings is 1. The van der Waals surface area contributed by atoms with Gasteiger partial charge in [0, 0.05) is 34.2 Å². The first-order chi connectivity index (χ1) is 18.5. The average Bonchev–Trinajstić information content (AvgIpc) is 3.52. The SMILES string of the molecule is Cc1cn(-c2cc(NC(=O)c3ccc(C)c(NC(=O)c4csc5c(N)ncnc45)c3)cc(C(F)(F)F)c2)cn1. The molecule has 0 saturated carbocycles. The standard InChI is InChI=1S/C26H20F3N7O2S/c1-13-3-4-15(5-20(13)35-25(38)19-10-39-22-21(19)31-11-32-23(22)30)24(37)34-17-6-16(26(27,28)29)7-18(8-17)36-9-14(2)33-12-36/h3-12H,1-2H3,(H,34,37)(H,35,38)(H2,30,31,32). The second-order valence-electron chi connectivity index (χ2n) is 8.71. The lowest BCUT2D eigenvalue weighted by Crippen LogP contribution is -2.16. The monoisotopic (exact) mass is 551 g/mol. The number of aromatic nitrogens is 4. The molecule has 5 rings (SSSR count). The Morgan fingerprint density at radius 3 is 2.51 bits per heavy atom. The Balaban J connectivity index is 1.41. The van der Waals surface area contributed by atoms with E-state index in [9.17, 15) is 22.8 Å². The molecule has 2 amide bonds. The van der Waals surface area contributed by atoms with E-state index >= 15 is 0 Å². The van der Waals surface area contributed by atoms with Crippen molar-refractivity contribution >= 4 is 50.6 Å². The lowest BCUT2D eigenvalue weighted by atomic mass is 10.1. The molecule has 4 N–H and O–H groups in total. The van der Waals surface area contributed by atoms with E-state index < -0.39 is 23.6 Å². The van der Waals surface area contributed by atoms with Gasteiger partial charge in [-0.3, -0.25) is 9.59 Å². The van der Waals surface area contributed by atoms with E-state index in [1.807, 2.05) is 0 Å². The maximum Gasteiger partial charge on any atom is 0.416 e. The van der Waals surface area contributed by atoms with Crippen molar-refractivity contribution < 1.29 is 22.8 Å². The Hall–Kier alpha value is -4.78. The molecule has 0 fully saturated rings. The van der Waals surface area contributed by atoms with Crippen LogP contribution in [0, 0.1) is 13.8 Å². The van der Waals surface area contributed by atoms with Crippen molar-refractivity contribution in [3.8, 4) is 5.69 Å². The largest absolute Gasteiger partial charge is 0.416 e. The maximum absolute atomic E-state index is 13.6. The van der Waals surface area contributed by atoms with Gasteiger partial charge >= 0.3 is 6.18 Å². The van der Waals surface area contributed by atoms with Crippen molar-refractivity contribution in [2.45, 2.75) is 20.0 Å². The summed E-state index contributed by atoms with van der Waals surface area (Å²) in [5.74, 6) is -0.850. The van der Waals surface area contributed by atoms with Crippen LogP contribution in [0.2, 0.25) is 0 Å². The number of hydrogen-bond donors (Lipinski definition) is 3. The lowest BCUT2D eigenvalue weighted by Gasteiger charge is -2.14. The Labute approximate surface area is 223 Å². The van der Waals surface area contributed by atoms with Gasteiger partial charge in [0.15, 0.2) is 0 Å². The number of carbonyl (C=O) groups is 2. The molecule has 0 saturated heterocycles. The maximum atomic E-state index is 13.6. The summed E-state index contributed by atoms with van der Waals surface area (Å²) < 4.78 is 42.8. The van der Waals surface area contributed by atoms with Crippen LogP contribution in [0.25, 0.3) is 15.9 Å². The second-order valence-corrected chi connectivity index (χ2v) is 9.59. The Bertz CT molecular complexity index is 1740. The van der Waals surface area contributed by atoms with Gasteiger partial charge in [-0.15, -0.1) is 11.3 Å². The van der Waals surface area contributed by atoms with E-state index in [-0.39, 0.29) is 22.8 Å². The van der Waals surface area contributed by atoms with E-state index in [4.69, 9.17) is 5.73 Å². The minimum atomic E-state index is -4.63. The minimum absolute atomic E-state index is 0.0515. The van der Waals surface area contributed by atoms with Gasteiger partial charge in [0.2, 0.25) is 0 Å². The minimum Gasteiger partial charge on any atom is -0.382 e. The zero-order chi connectivity index (χ0) is 27.9. The predicted molar refractivity (Wildman–Crippen MR) is 142 cm³/mol. The number of halogens is 3. The molecular formula is C26H20F3N7O2S. The van der Waals surface area contributed by atoms with Gasteiger partial charge in [-0.2, -0.15) is 13.2 Å². The average molecular weight is 552 g/mol. The summed E-state index contributed by atoms with van der Waals surface area (Å²) >= 11 is 1.24. The number of imidazole rings is 1. The van der Waals surface area contributed by atoms with E-state index in [2.05, 4.69) is 25.6 Å². The molecule has 0 aliphatic carbocycles. The Kier molecular flexibility index (Phi) is 6.52. The van der Waals surface area contributed by atoms with Crippen LogP contribution in [0.1, 0.15) is 37.5 Å². The van der Waals surface area contributed by atoms with Gasteiger partial charge in [-0.1, -0.05) is 6.07 Å². The molecule has 0 aliphatic heterocycles. The quantitative estimate of drug-likeness (QED) is 0.261. The lowest BCUT2D eigenvalue weighted by molar-refractivity contribution is -0.137.